The summed E-state index contributed by atoms with van der Waals surface area (Å²) >= 11 is 7.52. The fraction of sp³-hybridized carbons (Fsp3) is 0.583. The van der Waals surface area contributed by atoms with Crippen LogP contribution in [0.5, 0.6) is 0 Å². The van der Waals surface area contributed by atoms with Gasteiger partial charge in [0.15, 0.2) is 0 Å². The van der Waals surface area contributed by atoms with Gasteiger partial charge in [0, 0.05) is 10.9 Å². The fourth-order valence-electron chi connectivity index (χ4n) is 1.85. The largest absolute Gasteiger partial charge is 0.465 e. The molecule has 0 aliphatic carbocycles. The van der Waals surface area contributed by atoms with E-state index in [0.29, 0.717) is 18.1 Å². The van der Waals surface area contributed by atoms with Crippen molar-refractivity contribution in [3.8, 4) is 0 Å². The van der Waals surface area contributed by atoms with Crippen molar-refractivity contribution in [3.05, 3.63) is 21.9 Å². The standard InChI is InChI=1S/C12H16ClNO3S/c1-16-12(15)11-3-2-8(18-11)6-17-7-10-9(13)4-5-14-10/h2-3,9-10,14H,4-7H2,1H3. The van der Waals surface area contributed by atoms with Crippen molar-refractivity contribution >= 4 is 28.9 Å². The lowest BCUT2D eigenvalue weighted by Gasteiger charge is -2.13. The number of alkyl halides is 1. The van der Waals surface area contributed by atoms with E-state index in [2.05, 4.69) is 10.1 Å². The lowest BCUT2D eigenvalue weighted by molar-refractivity contribution is 0.0606. The number of carbonyl (C=O) groups is 1. The highest BCUT2D eigenvalue weighted by Gasteiger charge is 2.24. The van der Waals surface area contributed by atoms with Crippen LogP contribution in [-0.4, -0.2) is 37.6 Å². The van der Waals surface area contributed by atoms with Gasteiger partial charge in [0.1, 0.15) is 4.88 Å². The summed E-state index contributed by atoms with van der Waals surface area (Å²) < 4.78 is 10.3. The lowest BCUT2D eigenvalue weighted by atomic mass is 10.2. The Labute approximate surface area is 115 Å². The van der Waals surface area contributed by atoms with E-state index in [1.807, 2.05) is 6.07 Å². The Bertz CT molecular complexity index is 410. The smallest absolute Gasteiger partial charge is 0.348 e. The highest BCUT2D eigenvalue weighted by Crippen LogP contribution is 2.19. The van der Waals surface area contributed by atoms with E-state index in [4.69, 9.17) is 16.3 Å². The second kappa shape index (κ2) is 6.52. The van der Waals surface area contributed by atoms with Crippen LogP contribution >= 0.6 is 22.9 Å². The maximum Gasteiger partial charge on any atom is 0.348 e. The van der Waals surface area contributed by atoms with E-state index < -0.39 is 0 Å². The van der Waals surface area contributed by atoms with Crippen LogP contribution < -0.4 is 5.32 Å². The summed E-state index contributed by atoms with van der Waals surface area (Å²) in [7, 11) is 1.38. The molecular weight excluding hydrogens is 274 g/mol. The molecule has 18 heavy (non-hydrogen) atoms. The molecule has 1 N–H and O–H groups in total. The van der Waals surface area contributed by atoms with Crippen LogP contribution in [0.1, 0.15) is 21.0 Å². The van der Waals surface area contributed by atoms with Crippen molar-refractivity contribution < 1.29 is 14.3 Å². The summed E-state index contributed by atoms with van der Waals surface area (Å²) in [6.45, 7) is 2.05. The first-order valence-corrected chi connectivity index (χ1v) is 7.08. The minimum absolute atomic E-state index is 0.152. The van der Waals surface area contributed by atoms with E-state index in [-0.39, 0.29) is 17.4 Å². The van der Waals surface area contributed by atoms with Crippen molar-refractivity contribution in [3.63, 3.8) is 0 Å². The van der Waals surface area contributed by atoms with E-state index >= 15 is 0 Å². The average molecular weight is 290 g/mol. The van der Waals surface area contributed by atoms with E-state index in [1.54, 1.807) is 6.07 Å². The molecule has 0 bridgehead atoms. The molecule has 2 atom stereocenters. The molecule has 1 aromatic rings. The first-order chi connectivity index (χ1) is 8.70. The number of hydrogen-bond acceptors (Lipinski definition) is 5. The molecule has 1 aromatic heterocycles. The third kappa shape index (κ3) is 3.45. The molecule has 0 saturated carbocycles. The van der Waals surface area contributed by atoms with Gasteiger partial charge in [-0.1, -0.05) is 0 Å². The van der Waals surface area contributed by atoms with Gasteiger partial charge in [0.05, 0.1) is 25.7 Å². The van der Waals surface area contributed by atoms with Gasteiger partial charge in [-0.05, 0) is 25.1 Å². The van der Waals surface area contributed by atoms with E-state index in [1.165, 1.54) is 18.4 Å². The van der Waals surface area contributed by atoms with Crippen LogP contribution in [0.3, 0.4) is 0 Å². The maximum atomic E-state index is 11.3. The monoisotopic (exact) mass is 289 g/mol. The number of esters is 1. The van der Waals surface area contributed by atoms with Crippen molar-refractivity contribution in [2.75, 3.05) is 20.3 Å². The molecule has 0 spiro atoms. The second-order valence-electron chi connectivity index (χ2n) is 4.14. The highest BCUT2D eigenvalue weighted by atomic mass is 35.5. The Morgan fingerprint density at radius 2 is 2.44 bits per heavy atom. The van der Waals surface area contributed by atoms with Crippen LogP contribution in [0.2, 0.25) is 0 Å². The first-order valence-electron chi connectivity index (χ1n) is 5.83. The Morgan fingerprint density at radius 1 is 1.61 bits per heavy atom. The molecule has 2 heterocycles. The zero-order valence-electron chi connectivity index (χ0n) is 10.1. The van der Waals surface area contributed by atoms with Crippen LogP contribution in [0.15, 0.2) is 12.1 Å². The normalized spacial score (nSPS) is 23.2. The van der Waals surface area contributed by atoms with Crippen LogP contribution in [0.4, 0.5) is 0 Å². The summed E-state index contributed by atoms with van der Waals surface area (Å²) in [6, 6.07) is 3.87. The van der Waals surface area contributed by atoms with Gasteiger partial charge in [-0.25, -0.2) is 4.79 Å². The van der Waals surface area contributed by atoms with Crippen LogP contribution in [0, 0.1) is 0 Å². The van der Waals surface area contributed by atoms with Gasteiger partial charge >= 0.3 is 5.97 Å². The Hall–Kier alpha value is -0.620. The van der Waals surface area contributed by atoms with Gasteiger partial charge in [0.2, 0.25) is 0 Å². The molecule has 4 nitrogen and oxygen atoms in total. The highest BCUT2D eigenvalue weighted by molar-refractivity contribution is 7.13. The molecule has 1 aliphatic rings. The second-order valence-corrected chi connectivity index (χ2v) is 5.87. The van der Waals surface area contributed by atoms with Gasteiger partial charge in [0.25, 0.3) is 0 Å². The summed E-state index contributed by atoms with van der Waals surface area (Å²) in [4.78, 5) is 12.9. The number of hydrogen-bond donors (Lipinski definition) is 1. The Balaban J connectivity index is 1.76. The van der Waals surface area contributed by atoms with Gasteiger partial charge in [-0.3, -0.25) is 0 Å². The van der Waals surface area contributed by atoms with Gasteiger partial charge in [-0.2, -0.15) is 0 Å². The molecule has 1 saturated heterocycles. The van der Waals surface area contributed by atoms with Gasteiger partial charge < -0.3 is 14.8 Å². The zero-order valence-corrected chi connectivity index (χ0v) is 11.7. The number of halogens is 1. The topological polar surface area (TPSA) is 47.6 Å². The predicted octanol–water partition coefficient (Wildman–Crippen LogP) is 2.02. The van der Waals surface area contributed by atoms with Crippen molar-refractivity contribution in [1.29, 1.82) is 0 Å². The average Bonchev–Trinajstić information content (AvgIpc) is 2.99. The molecule has 1 fully saturated rings. The summed E-state index contributed by atoms with van der Waals surface area (Å²) in [5.74, 6) is -0.301. The number of ether oxygens (including phenoxy) is 2. The molecule has 0 amide bonds. The summed E-state index contributed by atoms with van der Waals surface area (Å²) in [5, 5.41) is 3.45. The minimum Gasteiger partial charge on any atom is -0.465 e. The van der Waals surface area contributed by atoms with E-state index in [0.717, 1.165) is 17.8 Å². The van der Waals surface area contributed by atoms with Crippen molar-refractivity contribution in [2.45, 2.75) is 24.4 Å². The Kier molecular flexibility index (Phi) is 5.00. The number of nitrogens with one attached hydrogen (secondary N) is 1. The molecule has 1 aliphatic heterocycles. The zero-order chi connectivity index (χ0) is 13.0. The van der Waals surface area contributed by atoms with Gasteiger partial charge in [-0.15, -0.1) is 22.9 Å². The molecule has 6 heteroatoms. The van der Waals surface area contributed by atoms with Crippen LogP contribution in [-0.2, 0) is 16.1 Å². The van der Waals surface area contributed by atoms with E-state index in [9.17, 15) is 4.79 Å². The fourth-order valence-corrected chi connectivity index (χ4v) is 2.99. The quantitative estimate of drug-likeness (QED) is 0.665. The number of carbonyl (C=O) groups excluding carboxylic acids is 1. The minimum atomic E-state index is -0.301. The van der Waals surface area contributed by atoms with Crippen molar-refractivity contribution in [2.24, 2.45) is 0 Å². The summed E-state index contributed by atoms with van der Waals surface area (Å²) in [6.07, 6.45) is 0.987. The molecule has 0 radical (unpaired) electrons. The number of methoxy groups -OCH3 is 1. The molecule has 100 valence electrons. The molecule has 2 unspecified atom stereocenters. The first kappa shape index (κ1) is 13.8. The SMILES string of the molecule is COC(=O)c1ccc(COCC2NCCC2Cl)s1. The molecule has 2 rings (SSSR count). The number of thiophene rings is 1. The molecule has 0 aromatic carbocycles. The predicted molar refractivity (Wildman–Crippen MR) is 71.4 cm³/mol. The third-order valence-electron chi connectivity index (χ3n) is 2.85. The number of rotatable bonds is 5. The summed E-state index contributed by atoms with van der Waals surface area (Å²) in [5.41, 5.74) is 0. The van der Waals surface area contributed by atoms with Crippen molar-refractivity contribution in [1.82, 2.24) is 5.32 Å². The lowest BCUT2D eigenvalue weighted by Crippen LogP contribution is -2.32. The maximum absolute atomic E-state index is 11.3. The third-order valence-corrected chi connectivity index (χ3v) is 4.41. The molecular formula is C12H16ClNO3S. The Morgan fingerprint density at radius 3 is 3.11 bits per heavy atom. The van der Waals surface area contributed by atoms with Crippen LogP contribution in [0.25, 0.3) is 0 Å².